The van der Waals surface area contributed by atoms with Gasteiger partial charge >= 0.3 is 0 Å². The van der Waals surface area contributed by atoms with Gasteiger partial charge in [-0.15, -0.1) is 0 Å². The minimum Gasteiger partial charge on any atom is -0.298 e. The number of benzene rings is 2. The highest BCUT2D eigenvalue weighted by Gasteiger charge is 2.32. The number of rotatable bonds is 3. The molecule has 2 aromatic rings. The summed E-state index contributed by atoms with van der Waals surface area (Å²) >= 11 is 12.2. The quantitative estimate of drug-likeness (QED) is 0.704. The molecule has 0 saturated carbocycles. The standard InChI is InChI=1S/C18H18Cl2O/c1-18(2,3)17(21)16(12-6-4-8-14(19)10-12)13-7-5-9-15(20)11-13/h4-11,16H,1-3H3. The molecule has 0 radical (unpaired) electrons. The number of halogens is 2. The number of hydrogen-bond acceptors (Lipinski definition) is 1. The van der Waals surface area contributed by atoms with E-state index in [-0.39, 0.29) is 11.7 Å². The Morgan fingerprint density at radius 3 is 1.67 bits per heavy atom. The van der Waals surface area contributed by atoms with Gasteiger partial charge in [-0.2, -0.15) is 0 Å². The summed E-state index contributed by atoms with van der Waals surface area (Å²) in [6, 6.07) is 14.9. The van der Waals surface area contributed by atoms with E-state index < -0.39 is 5.41 Å². The van der Waals surface area contributed by atoms with Gasteiger partial charge in [0.25, 0.3) is 0 Å². The molecule has 0 spiro atoms. The molecule has 2 rings (SSSR count). The topological polar surface area (TPSA) is 17.1 Å². The summed E-state index contributed by atoms with van der Waals surface area (Å²) in [6.07, 6.45) is 0. The fraction of sp³-hybridized carbons (Fsp3) is 0.278. The monoisotopic (exact) mass is 320 g/mol. The zero-order valence-corrected chi connectivity index (χ0v) is 13.9. The van der Waals surface area contributed by atoms with Crippen molar-refractivity contribution in [2.24, 2.45) is 5.41 Å². The number of carbonyl (C=O) groups is 1. The third-order valence-corrected chi connectivity index (χ3v) is 3.84. The lowest BCUT2D eigenvalue weighted by molar-refractivity contribution is -0.126. The average molecular weight is 321 g/mol. The largest absolute Gasteiger partial charge is 0.298 e. The second kappa shape index (κ2) is 6.21. The van der Waals surface area contributed by atoms with E-state index in [0.717, 1.165) is 11.1 Å². The van der Waals surface area contributed by atoms with Gasteiger partial charge in [0.15, 0.2) is 0 Å². The molecule has 110 valence electrons. The Labute approximate surface area is 135 Å². The highest BCUT2D eigenvalue weighted by Crippen LogP contribution is 2.34. The molecule has 3 heteroatoms. The second-order valence-electron chi connectivity index (χ2n) is 6.16. The molecular weight excluding hydrogens is 303 g/mol. The van der Waals surface area contributed by atoms with Crippen molar-refractivity contribution in [1.29, 1.82) is 0 Å². The predicted molar refractivity (Wildman–Crippen MR) is 89.2 cm³/mol. The van der Waals surface area contributed by atoms with Gasteiger partial charge in [-0.25, -0.2) is 0 Å². The summed E-state index contributed by atoms with van der Waals surface area (Å²) < 4.78 is 0. The van der Waals surface area contributed by atoms with Crippen molar-refractivity contribution in [2.75, 3.05) is 0 Å². The van der Waals surface area contributed by atoms with Gasteiger partial charge in [0.1, 0.15) is 5.78 Å². The van der Waals surface area contributed by atoms with Crippen LogP contribution in [0.1, 0.15) is 37.8 Å². The maximum absolute atomic E-state index is 12.9. The van der Waals surface area contributed by atoms with Crippen LogP contribution in [-0.4, -0.2) is 5.78 Å². The van der Waals surface area contributed by atoms with E-state index in [1.807, 2.05) is 69.3 Å². The first-order valence-electron chi connectivity index (χ1n) is 6.84. The smallest absolute Gasteiger partial charge is 0.150 e. The van der Waals surface area contributed by atoms with E-state index in [4.69, 9.17) is 23.2 Å². The molecule has 0 aromatic heterocycles. The third kappa shape index (κ3) is 3.87. The van der Waals surface area contributed by atoms with Crippen LogP contribution >= 0.6 is 23.2 Å². The van der Waals surface area contributed by atoms with Crippen molar-refractivity contribution in [3.05, 3.63) is 69.7 Å². The van der Waals surface area contributed by atoms with Crippen LogP contribution in [0.25, 0.3) is 0 Å². The summed E-state index contributed by atoms with van der Waals surface area (Å²) in [7, 11) is 0. The van der Waals surface area contributed by atoms with Crippen molar-refractivity contribution in [3.63, 3.8) is 0 Å². The van der Waals surface area contributed by atoms with E-state index in [0.29, 0.717) is 10.0 Å². The maximum atomic E-state index is 12.9. The Kier molecular flexibility index (Phi) is 4.75. The zero-order valence-electron chi connectivity index (χ0n) is 12.4. The highest BCUT2D eigenvalue weighted by molar-refractivity contribution is 6.31. The molecule has 0 atom stereocenters. The molecule has 0 aliphatic heterocycles. The van der Waals surface area contributed by atoms with Crippen LogP contribution in [0.5, 0.6) is 0 Å². The minimum absolute atomic E-state index is 0.145. The van der Waals surface area contributed by atoms with Gasteiger partial charge in [0, 0.05) is 15.5 Å². The van der Waals surface area contributed by atoms with Gasteiger partial charge in [0.05, 0.1) is 5.92 Å². The Morgan fingerprint density at radius 2 is 1.33 bits per heavy atom. The molecule has 0 amide bonds. The van der Waals surface area contributed by atoms with Crippen molar-refractivity contribution in [1.82, 2.24) is 0 Å². The molecule has 0 N–H and O–H groups in total. The lowest BCUT2D eigenvalue weighted by Gasteiger charge is -2.25. The summed E-state index contributed by atoms with van der Waals surface area (Å²) in [5, 5.41) is 1.25. The maximum Gasteiger partial charge on any atom is 0.150 e. The van der Waals surface area contributed by atoms with Crippen LogP contribution in [0.4, 0.5) is 0 Å². The van der Waals surface area contributed by atoms with Crippen molar-refractivity contribution < 1.29 is 4.79 Å². The van der Waals surface area contributed by atoms with E-state index in [1.165, 1.54) is 0 Å². The molecule has 0 fully saturated rings. The zero-order chi connectivity index (χ0) is 15.6. The van der Waals surface area contributed by atoms with Crippen LogP contribution in [0.15, 0.2) is 48.5 Å². The van der Waals surface area contributed by atoms with Gasteiger partial charge < -0.3 is 0 Å². The first kappa shape index (κ1) is 16.1. The lowest BCUT2D eigenvalue weighted by Crippen LogP contribution is -2.27. The summed E-state index contributed by atoms with van der Waals surface area (Å²) in [5.74, 6) is -0.213. The Balaban J connectivity index is 2.57. The Hall–Kier alpha value is -1.31. The second-order valence-corrected chi connectivity index (χ2v) is 7.03. The van der Waals surface area contributed by atoms with Crippen molar-refractivity contribution in [3.8, 4) is 0 Å². The molecule has 21 heavy (non-hydrogen) atoms. The highest BCUT2D eigenvalue weighted by atomic mass is 35.5. The summed E-state index contributed by atoms with van der Waals surface area (Å²) in [6.45, 7) is 5.78. The summed E-state index contributed by atoms with van der Waals surface area (Å²) in [4.78, 5) is 12.9. The van der Waals surface area contributed by atoms with E-state index >= 15 is 0 Å². The fourth-order valence-corrected chi connectivity index (χ4v) is 2.70. The first-order valence-corrected chi connectivity index (χ1v) is 7.60. The SMILES string of the molecule is CC(C)(C)C(=O)C(c1cccc(Cl)c1)c1cccc(Cl)c1. The lowest BCUT2D eigenvalue weighted by atomic mass is 9.77. The fourth-order valence-electron chi connectivity index (χ4n) is 2.30. The van der Waals surface area contributed by atoms with Crippen molar-refractivity contribution in [2.45, 2.75) is 26.7 Å². The molecular formula is C18H18Cl2O. The van der Waals surface area contributed by atoms with E-state index in [1.54, 1.807) is 0 Å². The third-order valence-electron chi connectivity index (χ3n) is 3.37. The number of Topliss-reactive ketones (excluding diaryl/α,β-unsaturated/α-hetero) is 1. The number of hydrogen-bond donors (Lipinski definition) is 0. The predicted octanol–water partition coefficient (Wildman–Crippen LogP) is 5.74. The molecule has 0 aliphatic rings. The average Bonchev–Trinajstić information content (AvgIpc) is 2.38. The molecule has 0 saturated heterocycles. The first-order chi connectivity index (χ1) is 9.79. The molecule has 0 heterocycles. The Bertz CT molecular complexity index is 611. The van der Waals surface area contributed by atoms with Crippen LogP contribution in [0.3, 0.4) is 0 Å². The molecule has 2 aromatic carbocycles. The van der Waals surface area contributed by atoms with Gasteiger partial charge in [-0.1, -0.05) is 68.2 Å². The summed E-state index contributed by atoms with van der Waals surface area (Å²) in [5.41, 5.74) is 1.34. The van der Waals surface area contributed by atoms with Gasteiger partial charge in [0.2, 0.25) is 0 Å². The normalized spacial score (nSPS) is 11.7. The van der Waals surface area contributed by atoms with Gasteiger partial charge in [-0.3, -0.25) is 4.79 Å². The van der Waals surface area contributed by atoms with Gasteiger partial charge in [-0.05, 0) is 35.4 Å². The van der Waals surface area contributed by atoms with Crippen LogP contribution in [0.2, 0.25) is 10.0 Å². The minimum atomic E-state index is -0.449. The van der Waals surface area contributed by atoms with Crippen LogP contribution in [0, 0.1) is 5.41 Å². The number of carbonyl (C=O) groups excluding carboxylic acids is 1. The number of ketones is 1. The molecule has 1 nitrogen and oxygen atoms in total. The van der Waals surface area contributed by atoms with Crippen LogP contribution < -0.4 is 0 Å². The Morgan fingerprint density at radius 1 is 0.905 bits per heavy atom. The molecule has 0 bridgehead atoms. The van der Waals surface area contributed by atoms with Crippen molar-refractivity contribution >= 4 is 29.0 Å². The molecule has 0 unspecified atom stereocenters. The molecule has 0 aliphatic carbocycles. The van der Waals surface area contributed by atoms with E-state index in [9.17, 15) is 4.79 Å². The van der Waals surface area contributed by atoms with Crippen LogP contribution in [-0.2, 0) is 4.79 Å². The van der Waals surface area contributed by atoms with E-state index in [2.05, 4.69) is 0 Å².